The second-order valence-corrected chi connectivity index (χ2v) is 3.89. The lowest BCUT2D eigenvalue weighted by atomic mass is 10.2. The quantitative estimate of drug-likeness (QED) is 0.793. The molecule has 0 aliphatic rings. The summed E-state index contributed by atoms with van der Waals surface area (Å²) in [6, 6.07) is 5.14. The summed E-state index contributed by atoms with van der Waals surface area (Å²) in [5.74, 6) is -0.0185. The molecule has 1 atom stereocenters. The molecule has 1 aromatic carbocycles. The second kappa shape index (κ2) is 7.25. The van der Waals surface area contributed by atoms with Crippen molar-refractivity contribution in [3.05, 3.63) is 29.6 Å². The van der Waals surface area contributed by atoms with Crippen molar-refractivity contribution in [3.8, 4) is 5.75 Å². The minimum absolute atomic E-state index is 0.184. The van der Waals surface area contributed by atoms with Crippen LogP contribution in [0.4, 0.5) is 4.39 Å². The number of ether oxygens (including phenoxy) is 2. The molecule has 17 heavy (non-hydrogen) atoms. The van der Waals surface area contributed by atoms with E-state index >= 15 is 0 Å². The topological polar surface area (TPSA) is 30.5 Å². The first-order valence-corrected chi connectivity index (χ1v) is 5.80. The Morgan fingerprint density at radius 3 is 2.82 bits per heavy atom. The molecule has 0 fully saturated rings. The van der Waals surface area contributed by atoms with E-state index in [1.54, 1.807) is 32.2 Å². The van der Waals surface area contributed by atoms with Gasteiger partial charge in [-0.25, -0.2) is 4.39 Å². The van der Waals surface area contributed by atoms with E-state index in [-0.39, 0.29) is 17.7 Å². The van der Waals surface area contributed by atoms with Gasteiger partial charge in [0, 0.05) is 13.7 Å². The predicted octanol–water partition coefficient (Wildman–Crippen LogP) is 2.14. The Morgan fingerprint density at radius 2 is 2.18 bits per heavy atom. The van der Waals surface area contributed by atoms with Gasteiger partial charge in [0.15, 0.2) is 11.6 Å². The second-order valence-electron chi connectivity index (χ2n) is 3.89. The lowest BCUT2D eigenvalue weighted by Gasteiger charge is -2.19. The van der Waals surface area contributed by atoms with Crippen LogP contribution < -0.4 is 10.1 Å². The number of benzene rings is 1. The summed E-state index contributed by atoms with van der Waals surface area (Å²) in [4.78, 5) is 0. The number of hydrogen-bond donors (Lipinski definition) is 1. The van der Waals surface area contributed by atoms with Gasteiger partial charge >= 0.3 is 0 Å². The molecule has 0 bridgehead atoms. The predicted molar refractivity (Wildman–Crippen MR) is 66.0 cm³/mol. The van der Waals surface area contributed by atoms with E-state index in [4.69, 9.17) is 9.47 Å². The average Bonchev–Trinajstić information content (AvgIpc) is 2.32. The summed E-state index contributed by atoms with van der Waals surface area (Å²) in [5.41, 5.74) is 0.585. The van der Waals surface area contributed by atoms with Crippen LogP contribution in [0.1, 0.15) is 12.5 Å². The number of aryl methyl sites for hydroxylation is 1. The average molecular weight is 241 g/mol. The van der Waals surface area contributed by atoms with Crippen LogP contribution in [0.25, 0.3) is 0 Å². The SMILES string of the molecule is CCNCC(COC)Oc1cccc(C)c1F. The van der Waals surface area contributed by atoms with Crippen LogP contribution in [0.15, 0.2) is 18.2 Å². The number of methoxy groups -OCH3 is 1. The Hall–Kier alpha value is -1.13. The van der Waals surface area contributed by atoms with Gasteiger partial charge in [-0.3, -0.25) is 0 Å². The molecule has 0 aromatic heterocycles. The fraction of sp³-hybridized carbons (Fsp3) is 0.538. The van der Waals surface area contributed by atoms with Crippen LogP contribution in [0.2, 0.25) is 0 Å². The van der Waals surface area contributed by atoms with Crippen LogP contribution in [0.3, 0.4) is 0 Å². The molecular weight excluding hydrogens is 221 g/mol. The number of rotatable bonds is 7. The van der Waals surface area contributed by atoms with Crippen molar-refractivity contribution in [2.24, 2.45) is 0 Å². The molecule has 0 amide bonds. The fourth-order valence-electron chi connectivity index (χ4n) is 1.52. The number of halogens is 1. The lowest BCUT2D eigenvalue weighted by Crippen LogP contribution is -2.35. The normalized spacial score (nSPS) is 12.5. The Kier molecular flexibility index (Phi) is 5.94. The summed E-state index contributed by atoms with van der Waals surface area (Å²) in [6.07, 6.45) is -0.184. The maximum atomic E-state index is 13.7. The van der Waals surface area contributed by atoms with Gasteiger partial charge in [-0.2, -0.15) is 0 Å². The van der Waals surface area contributed by atoms with E-state index in [0.717, 1.165) is 6.54 Å². The van der Waals surface area contributed by atoms with Gasteiger partial charge < -0.3 is 14.8 Å². The molecule has 1 N–H and O–H groups in total. The van der Waals surface area contributed by atoms with Crippen LogP contribution >= 0.6 is 0 Å². The third kappa shape index (κ3) is 4.32. The number of nitrogens with one attached hydrogen (secondary N) is 1. The van der Waals surface area contributed by atoms with Gasteiger partial charge in [0.05, 0.1) is 6.61 Å². The molecule has 1 rings (SSSR count). The molecule has 0 heterocycles. The van der Waals surface area contributed by atoms with Crippen molar-refractivity contribution in [2.75, 3.05) is 26.8 Å². The van der Waals surface area contributed by atoms with Crippen molar-refractivity contribution >= 4 is 0 Å². The van der Waals surface area contributed by atoms with Gasteiger partial charge in [-0.15, -0.1) is 0 Å². The van der Waals surface area contributed by atoms with Crippen molar-refractivity contribution in [1.29, 1.82) is 0 Å². The van der Waals surface area contributed by atoms with Crippen molar-refractivity contribution in [3.63, 3.8) is 0 Å². The molecule has 0 aliphatic carbocycles. The van der Waals surface area contributed by atoms with Crippen molar-refractivity contribution in [2.45, 2.75) is 20.0 Å². The van der Waals surface area contributed by atoms with Gasteiger partial charge in [-0.1, -0.05) is 19.1 Å². The largest absolute Gasteiger partial charge is 0.484 e. The smallest absolute Gasteiger partial charge is 0.167 e. The standard InChI is InChI=1S/C13H20FNO2/c1-4-15-8-11(9-16-3)17-12-7-5-6-10(2)13(12)14/h5-7,11,15H,4,8-9H2,1-3H3. The Morgan fingerprint density at radius 1 is 1.41 bits per heavy atom. The van der Waals surface area contributed by atoms with Gasteiger partial charge in [0.1, 0.15) is 6.10 Å². The first-order chi connectivity index (χ1) is 8.19. The Balaban J connectivity index is 2.67. The van der Waals surface area contributed by atoms with E-state index in [0.29, 0.717) is 18.7 Å². The zero-order valence-corrected chi connectivity index (χ0v) is 10.6. The summed E-state index contributed by atoms with van der Waals surface area (Å²) >= 11 is 0. The summed E-state index contributed by atoms with van der Waals surface area (Å²) in [5, 5.41) is 3.16. The summed E-state index contributed by atoms with van der Waals surface area (Å²) in [6.45, 7) is 5.65. The monoisotopic (exact) mass is 241 g/mol. The lowest BCUT2D eigenvalue weighted by molar-refractivity contribution is 0.0781. The minimum Gasteiger partial charge on any atom is -0.484 e. The van der Waals surface area contributed by atoms with E-state index < -0.39 is 0 Å². The number of likely N-dealkylation sites (N-methyl/N-ethyl adjacent to an activating group) is 1. The van der Waals surface area contributed by atoms with Crippen molar-refractivity contribution < 1.29 is 13.9 Å². The Bertz CT molecular complexity index is 344. The van der Waals surface area contributed by atoms with Gasteiger partial charge in [0.25, 0.3) is 0 Å². The number of hydrogen-bond acceptors (Lipinski definition) is 3. The molecule has 0 aliphatic heterocycles. The fourth-order valence-corrected chi connectivity index (χ4v) is 1.52. The minimum atomic E-state index is -0.301. The molecule has 1 aromatic rings. The maximum Gasteiger partial charge on any atom is 0.167 e. The summed E-state index contributed by atoms with van der Waals surface area (Å²) < 4.78 is 24.4. The van der Waals surface area contributed by atoms with Crippen LogP contribution in [-0.4, -0.2) is 32.9 Å². The third-order valence-electron chi connectivity index (χ3n) is 2.42. The van der Waals surface area contributed by atoms with Gasteiger partial charge in [-0.05, 0) is 25.1 Å². The van der Waals surface area contributed by atoms with E-state index in [1.807, 2.05) is 6.92 Å². The molecule has 0 spiro atoms. The highest BCUT2D eigenvalue weighted by Crippen LogP contribution is 2.20. The van der Waals surface area contributed by atoms with Crippen LogP contribution in [-0.2, 0) is 4.74 Å². The molecule has 0 saturated heterocycles. The molecule has 0 radical (unpaired) electrons. The van der Waals surface area contributed by atoms with Crippen LogP contribution in [0.5, 0.6) is 5.75 Å². The Labute approximate surface area is 102 Å². The van der Waals surface area contributed by atoms with E-state index in [2.05, 4.69) is 5.32 Å². The maximum absolute atomic E-state index is 13.7. The zero-order valence-electron chi connectivity index (χ0n) is 10.6. The molecule has 96 valence electrons. The zero-order chi connectivity index (χ0) is 12.7. The van der Waals surface area contributed by atoms with Gasteiger partial charge in [0.2, 0.25) is 0 Å². The highest BCUT2D eigenvalue weighted by Gasteiger charge is 2.13. The van der Waals surface area contributed by atoms with E-state index in [1.165, 1.54) is 0 Å². The van der Waals surface area contributed by atoms with Crippen molar-refractivity contribution in [1.82, 2.24) is 5.32 Å². The molecule has 3 nitrogen and oxygen atoms in total. The molecule has 1 unspecified atom stereocenters. The molecule has 4 heteroatoms. The first kappa shape index (κ1) is 13.9. The highest BCUT2D eigenvalue weighted by atomic mass is 19.1. The van der Waals surface area contributed by atoms with Crippen LogP contribution in [0, 0.1) is 12.7 Å². The highest BCUT2D eigenvalue weighted by molar-refractivity contribution is 5.30. The molecular formula is C13H20FNO2. The summed E-state index contributed by atoms with van der Waals surface area (Å²) in [7, 11) is 1.61. The van der Waals surface area contributed by atoms with E-state index in [9.17, 15) is 4.39 Å². The first-order valence-electron chi connectivity index (χ1n) is 5.80. The third-order valence-corrected chi connectivity index (χ3v) is 2.42. The molecule has 0 saturated carbocycles.